The van der Waals surface area contributed by atoms with Crippen molar-refractivity contribution < 1.29 is 9.53 Å². The van der Waals surface area contributed by atoms with Crippen LogP contribution in [0.2, 0.25) is 0 Å². The lowest BCUT2D eigenvalue weighted by atomic mass is 9.99. The molecule has 7 heteroatoms. The number of ketones is 1. The van der Waals surface area contributed by atoms with Crippen LogP contribution in [0.25, 0.3) is 17.0 Å². The minimum atomic E-state index is -0.329. The molecule has 2 aliphatic heterocycles. The van der Waals surface area contributed by atoms with Gasteiger partial charge in [-0.1, -0.05) is 30.4 Å². The first-order valence-corrected chi connectivity index (χ1v) is 13.5. The number of carbonyl (C=O) groups excluding carboxylic acids is 1. The van der Waals surface area contributed by atoms with Crippen molar-refractivity contribution >= 4 is 34.8 Å². The average Bonchev–Trinajstić information content (AvgIpc) is 3.63. The molecule has 0 bridgehead atoms. The fourth-order valence-corrected chi connectivity index (χ4v) is 4.78. The molecule has 0 radical (unpaired) electrons. The number of nitrogens with one attached hydrogen (secondary N) is 3. The number of rotatable bonds is 11. The summed E-state index contributed by atoms with van der Waals surface area (Å²) in [5.41, 5.74) is 4.46. The number of hydrogen-bond acceptors (Lipinski definition) is 7. The Bertz CT molecular complexity index is 1280. The number of benzene rings is 1. The summed E-state index contributed by atoms with van der Waals surface area (Å²) in [6, 6.07) is 7.52. The van der Waals surface area contributed by atoms with Crippen LogP contribution in [0.1, 0.15) is 56.0 Å². The van der Waals surface area contributed by atoms with E-state index in [9.17, 15) is 4.79 Å². The number of anilines is 1. The summed E-state index contributed by atoms with van der Waals surface area (Å²) in [4.78, 5) is 20.8. The van der Waals surface area contributed by atoms with Crippen molar-refractivity contribution in [3.63, 3.8) is 0 Å². The van der Waals surface area contributed by atoms with Crippen LogP contribution in [0.15, 0.2) is 65.5 Å². The smallest absolute Gasteiger partial charge is 0.180 e. The highest BCUT2D eigenvalue weighted by Gasteiger charge is 2.21. The second-order valence-corrected chi connectivity index (χ2v) is 9.77. The van der Waals surface area contributed by atoms with Crippen molar-refractivity contribution in [2.24, 2.45) is 0 Å². The molecule has 2 aromatic rings. The Kier molecular flexibility index (Phi) is 9.62. The summed E-state index contributed by atoms with van der Waals surface area (Å²) < 4.78 is 5.72. The molecule has 3 heterocycles. The molecule has 1 aromatic carbocycles. The van der Waals surface area contributed by atoms with Crippen LogP contribution < -0.4 is 10.6 Å². The zero-order chi connectivity index (χ0) is 26.9. The van der Waals surface area contributed by atoms with Crippen LogP contribution in [-0.4, -0.2) is 60.8 Å². The van der Waals surface area contributed by atoms with Crippen molar-refractivity contribution in [2.75, 3.05) is 38.2 Å². The van der Waals surface area contributed by atoms with E-state index in [0.29, 0.717) is 24.6 Å². The number of allylic oxidation sites excluding steroid dienone is 5. The van der Waals surface area contributed by atoms with Gasteiger partial charge in [0.2, 0.25) is 0 Å². The Hall–Kier alpha value is -3.55. The van der Waals surface area contributed by atoms with Gasteiger partial charge in [0.05, 0.1) is 18.2 Å². The zero-order valence-corrected chi connectivity index (χ0v) is 22.7. The molecule has 200 valence electrons. The highest BCUT2D eigenvalue weighted by Crippen LogP contribution is 2.26. The number of Topliss-reactive ketones (excluding diaryl/α,β-unsaturated/α-hetero) is 1. The number of likely N-dealkylation sites (tertiary alicyclic amines) is 1. The number of fused-ring (bicyclic) bond motifs is 1. The molecule has 2 aliphatic rings. The second kappa shape index (κ2) is 13.3. The highest BCUT2D eigenvalue weighted by atomic mass is 16.5. The third kappa shape index (κ3) is 6.85. The van der Waals surface area contributed by atoms with Crippen LogP contribution in [0, 0.1) is 5.41 Å². The topological polar surface area (TPSA) is 90.3 Å². The summed E-state index contributed by atoms with van der Waals surface area (Å²) in [5, 5.41) is 15.1. The predicted molar refractivity (Wildman–Crippen MR) is 157 cm³/mol. The van der Waals surface area contributed by atoms with Crippen LogP contribution in [0.5, 0.6) is 0 Å². The first kappa shape index (κ1) is 27.5. The third-order valence-corrected chi connectivity index (χ3v) is 7.17. The molecule has 2 saturated heterocycles. The molecule has 1 atom stereocenters. The fourth-order valence-electron chi connectivity index (χ4n) is 4.78. The second-order valence-electron chi connectivity index (χ2n) is 9.77. The molecule has 7 nitrogen and oxygen atoms in total. The average molecular weight is 514 g/mol. The minimum Gasteiger partial charge on any atom is -0.493 e. The maximum Gasteiger partial charge on any atom is 0.180 e. The van der Waals surface area contributed by atoms with Gasteiger partial charge in [-0.05, 0) is 87.7 Å². The van der Waals surface area contributed by atoms with Crippen LogP contribution in [0.3, 0.4) is 0 Å². The molecule has 2 fully saturated rings. The summed E-state index contributed by atoms with van der Waals surface area (Å²) in [6.07, 6.45) is 14.7. The molecular formula is C31H39N5O2. The van der Waals surface area contributed by atoms with Gasteiger partial charge < -0.3 is 15.5 Å². The molecule has 3 N–H and O–H groups in total. The SMILES string of the molecule is C/C=C(\C=N)CNc1cc(C(=O)C(C)NCN2CCCC2)c2cc(/C=C/C=C3/OCC/C3=C/C)ccc2n1. The van der Waals surface area contributed by atoms with E-state index in [0.717, 1.165) is 53.9 Å². The molecule has 0 aliphatic carbocycles. The molecule has 4 rings (SSSR count). The van der Waals surface area contributed by atoms with Gasteiger partial charge in [0.1, 0.15) is 11.6 Å². The zero-order valence-electron chi connectivity index (χ0n) is 22.7. The number of pyridine rings is 1. The van der Waals surface area contributed by atoms with Gasteiger partial charge in [0.25, 0.3) is 0 Å². The van der Waals surface area contributed by atoms with Crippen molar-refractivity contribution in [1.29, 1.82) is 5.41 Å². The molecule has 0 amide bonds. The molecule has 1 aromatic heterocycles. The Labute approximate surface area is 225 Å². The van der Waals surface area contributed by atoms with Gasteiger partial charge in [-0.2, -0.15) is 0 Å². The van der Waals surface area contributed by atoms with E-state index in [1.165, 1.54) is 24.6 Å². The number of aromatic nitrogens is 1. The van der Waals surface area contributed by atoms with E-state index in [1.54, 1.807) is 0 Å². The lowest BCUT2D eigenvalue weighted by Gasteiger charge is -2.20. The molecule has 38 heavy (non-hydrogen) atoms. The first-order chi connectivity index (χ1) is 18.5. The van der Waals surface area contributed by atoms with E-state index in [4.69, 9.17) is 15.1 Å². The lowest BCUT2D eigenvalue weighted by Crippen LogP contribution is -2.41. The van der Waals surface area contributed by atoms with Crippen molar-refractivity contribution in [2.45, 2.75) is 46.1 Å². The maximum absolute atomic E-state index is 13.7. The Morgan fingerprint density at radius 1 is 1.24 bits per heavy atom. The van der Waals surface area contributed by atoms with Gasteiger partial charge in [0, 0.05) is 36.8 Å². The normalized spacial score (nSPS) is 19.5. The van der Waals surface area contributed by atoms with Crippen LogP contribution in [0.4, 0.5) is 5.82 Å². The third-order valence-electron chi connectivity index (χ3n) is 7.17. The largest absolute Gasteiger partial charge is 0.493 e. The quantitative estimate of drug-likeness (QED) is 0.263. The van der Waals surface area contributed by atoms with Gasteiger partial charge >= 0.3 is 0 Å². The van der Waals surface area contributed by atoms with Gasteiger partial charge in [0.15, 0.2) is 5.78 Å². The van der Waals surface area contributed by atoms with E-state index in [2.05, 4.69) is 21.6 Å². The number of nitrogens with zero attached hydrogens (tertiary/aromatic N) is 2. The summed E-state index contributed by atoms with van der Waals surface area (Å²) >= 11 is 0. The highest BCUT2D eigenvalue weighted by molar-refractivity contribution is 6.10. The standard InChI is InChI=1S/C31H39N5O2/c1-4-23(19-32)20-33-30-18-27(31(37)22(3)34-21-36-14-6-7-15-36)26-17-24(11-12-28(26)35-30)9-8-10-29-25(5-2)13-16-38-29/h4-5,8-12,17-19,22,32,34H,6-7,13-16,20-21H2,1-3H3,(H,33,35)/b9-8+,23-4+,25-5-,29-10+,32-19?. The Balaban J connectivity index is 1.62. The summed E-state index contributed by atoms with van der Waals surface area (Å²) in [7, 11) is 0. The molecular weight excluding hydrogens is 474 g/mol. The van der Waals surface area contributed by atoms with Crippen LogP contribution in [-0.2, 0) is 4.74 Å². The minimum absolute atomic E-state index is 0.0401. The Morgan fingerprint density at radius 3 is 2.79 bits per heavy atom. The number of hydrogen-bond donors (Lipinski definition) is 3. The molecule has 0 spiro atoms. The van der Waals surface area contributed by atoms with E-state index in [1.807, 2.05) is 69.3 Å². The van der Waals surface area contributed by atoms with E-state index < -0.39 is 0 Å². The molecule has 0 saturated carbocycles. The van der Waals surface area contributed by atoms with E-state index in [-0.39, 0.29) is 11.8 Å². The van der Waals surface area contributed by atoms with Crippen molar-refractivity contribution in [1.82, 2.24) is 15.2 Å². The molecule has 1 unspecified atom stereocenters. The monoisotopic (exact) mass is 513 g/mol. The Morgan fingerprint density at radius 2 is 2.05 bits per heavy atom. The van der Waals surface area contributed by atoms with Gasteiger partial charge in [-0.25, -0.2) is 4.98 Å². The maximum atomic E-state index is 13.7. The predicted octanol–water partition coefficient (Wildman–Crippen LogP) is 5.72. The fraction of sp³-hybridized carbons (Fsp3) is 0.387. The summed E-state index contributed by atoms with van der Waals surface area (Å²) in [5.74, 6) is 1.58. The van der Waals surface area contributed by atoms with E-state index >= 15 is 0 Å². The number of ether oxygens (including phenoxy) is 1. The lowest BCUT2D eigenvalue weighted by molar-refractivity contribution is 0.0943. The van der Waals surface area contributed by atoms with Crippen LogP contribution >= 0.6 is 0 Å². The van der Waals surface area contributed by atoms with Gasteiger partial charge in [-0.15, -0.1) is 0 Å². The van der Waals surface area contributed by atoms with Gasteiger partial charge in [-0.3, -0.25) is 15.0 Å². The first-order valence-electron chi connectivity index (χ1n) is 13.5. The summed E-state index contributed by atoms with van der Waals surface area (Å²) in [6.45, 7) is 9.93. The van der Waals surface area contributed by atoms with Crippen molar-refractivity contribution in [3.05, 3.63) is 76.6 Å². The number of carbonyl (C=O) groups is 1. The van der Waals surface area contributed by atoms with Crippen molar-refractivity contribution in [3.8, 4) is 0 Å².